The van der Waals surface area contributed by atoms with Crippen LogP contribution in [0.4, 0.5) is 0 Å². The van der Waals surface area contributed by atoms with Gasteiger partial charge in [-0.25, -0.2) is 0 Å². The summed E-state index contributed by atoms with van der Waals surface area (Å²) in [5.74, 6) is -0.590. The zero-order valence-electron chi connectivity index (χ0n) is 14.7. The van der Waals surface area contributed by atoms with E-state index in [0.29, 0.717) is 29.8 Å². The zero-order valence-corrected chi connectivity index (χ0v) is 14.7. The van der Waals surface area contributed by atoms with Gasteiger partial charge < -0.3 is 31.6 Å². The molecule has 142 valence electrons. The van der Waals surface area contributed by atoms with Crippen LogP contribution in [0.5, 0.6) is 5.75 Å². The van der Waals surface area contributed by atoms with Crippen molar-refractivity contribution in [2.45, 2.75) is 26.1 Å². The largest absolute Gasteiger partial charge is 0.507 e. The molecule has 8 N–H and O–H groups in total. The molecule has 0 radical (unpaired) electrons. The van der Waals surface area contributed by atoms with E-state index in [1.54, 1.807) is 19.1 Å². The molecule has 2 heterocycles. The van der Waals surface area contributed by atoms with Crippen LogP contribution in [0.2, 0.25) is 0 Å². The molecule has 0 bridgehead atoms. The van der Waals surface area contributed by atoms with Crippen molar-refractivity contribution >= 4 is 5.91 Å². The Kier molecular flexibility index (Phi) is 6.56. The number of nitrogens with two attached hydrogens (primary N) is 2. The molecule has 9 nitrogen and oxygen atoms in total. The van der Waals surface area contributed by atoms with Gasteiger partial charge in [-0.15, -0.1) is 0 Å². The third kappa shape index (κ3) is 3.96. The van der Waals surface area contributed by atoms with Gasteiger partial charge in [0.05, 0.1) is 12.1 Å². The number of aliphatic hydroxyl groups excluding tert-OH is 1. The zero-order chi connectivity index (χ0) is 19.3. The van der Waals surface area contributed by atoms with Gasteiger partial charge in [0.2, 0.25) is 0 Å². The Hall–Kier alpha value is -2.62. The lowest BCUT2D eigenvalue weighted by Crippen LogP contribution is -2.39. The lowest BCUT2D eigenvalue weighted by molar-refractivity contribution is -0.127. The van der Waals surface area contributed by atoms with Gasteiger partial charge in [0.15, 0.2) is 0 Å². The highest BCUT2D eigenvalue weighted by atomic mass is 16.3. The molecule has 1 atom stereocenters. The highest BCUT2D eigenvalue weighted by Crippen LogP contribution is 2.30. The number of H-pyrrole nitrogens is 1. The van der Waals surface area contributed by atoms with Gasteiger partial charge in [0.1, 0.15) is 17.5 Å². The van der Waals surface area contributed by atoms with Crippen LogP contribution >= 0.6 is 0 Å². The maximum Gasteiger partial charge on any atom is 0.259 e. The number of aromatic nitrogens is 1. The first-order chi connectivity index (χ1) is 12.4. The molecule has 1 aromatic heterocycles. The molecule has 0 spiro atoms. The first kappa shape index (κ1) is 19.7. The fourth-order valence-electron chi connectivity index (χ4n) is 2.90. The third-order valence-corrected chi connectivity index (χ3v) is 4.21. The Morgan fingerprint density at radius 3 is 2.85 bits per heavy atom. The molecule has 1 amide bonds. The number of rotatable bonds is 6. The van der Waals surface area contributed by atoms with E-state index in [0.717, 1.165) is 0 Å². The van der Waals surface area contributed by atoms with E-state index in [1.165, 1.54) is 11.1 Å². The number of nitrogens with zero attached hydrogens (tertiary/aromatic N) is 1. The first-order valence-electron chi connectivity index (χ1n) is 8.36. The van der Waals surface area contributed by atoms with Crippen LogP contribution in [0, 0.1) is 0 Å². The summed E-state index contributed by atoms with van der Waals surface area (Å²) in [5.41, 5.74) is 11.4. The van der Waals surface area contributed by atoms with Crippen molar-refractivity contribution in [1.82, 2.24) is 15.2 Å². The summed E-state index contributed by atoms with van der Waals surface area (Å²) in [6, 6.07) is 0. The number of allylic oxidation sites excluding steroid dienone is 1. The van der Waals surface area contributed by atoms with E-state index in [-0.39, 0.29) is 36.9 Å². The number of nitrogens with one attached hydrogen (secondary N) is 2. The van der Waals surface area contributed by atoms with Crippen LogP contribution in [0.1, 0.15) is 30.0 Å². The van der Waals surface area contributed by atoms with Crippen molar-refractivity contribution < 1.29 is 15.0 Å². The molecule has 1 aliphatic heterocycles. The van der Waals surface area contributed by atoms with Crippen LogP contribution in [0.25, 0.3) is 0 Å². The molecule has 1 unspecified atom stereocenters. The fraction of sp³-hybridized carbons (Fsp3) is 0.412. The second-order valence-corrected chi connectivity index (χ2v) is 5.92. The van der Waals surface area contributed by atoms with E-state index in [2.05, 4.69) is 10.3 Å². The van der Waals surface area contributed by atoms with Crippen molar-refractivity contribution in [3.05, 3.63) is 51.1 Å². The standard InChI is InChI=1S/C17H25N5O4/c1-2-3-10(8-19)17(26)22-7-4-12-11(9-22)14(23)13(16(25)21-12)15(24)20-6-5-18/h2-3,8,15,20,24H,4-7,9,18-19H2,1H3,(H2,21,23,25)/b3-2-,10-8+. The van der Waals surface area contributed by atoms with Gasteiger partial charge in [0, 0.05) is 43.5 Å². The van der Waals surface area contributed by atoms with Crippen LogP contribution in [-0.2, 0) is 17.8 Å². The lowest BCUT2D eigenvalue weighted by Gasteiger charge is -2.30. The monoisotopic (exact) mass is 363 g/mol. The van der Waals surface area contributed by atoms with Gasteiger partial charge >= 0.3 is 0 Å². The summed E-state index contributed by atoms with van der Waals surface area (Å²) in [6.07, 6.45) is 3.57. The van der Waals surface area contributed by atoms with Gasteiger partial charge in [-0.05, 0) is 6.92 Å². The van der Waals surface area contributed by atoms with Crippen molar-refractivity contribution in [3.8, 4) is 5.75 Å². The third-order valence-electron chi connectivity index (χ3n) is 4.21. The number of carbonyl (C=O) groups excluding carboxylic acids is 1. The van der Waals surface area contributed by atoms with E-state index in [4.69, 9.17) is 11.5 Å². The highest BCUT2D eigenvalue weighted by molar-refractivity contribution is 5.96. The predicted octanol–water partition coefficient (Wildman–Crippen LogP) is -1.08. The van der Waals surface area contributed by atoms with Gasteiger partial charge in [-0.2, -0.15) is 0 Å². The van der Waals surface area contributed by atoms with E-state index >= 15 is 0 Å². The smallest absolute Gasteiger partial charge is 0.259 e. The molecule has 9 heteroatoms. The molecule has 26 heavy (non-hydrogen) atoms. The van der Waals surface area contributed by atoms with Crippen molar-refractivity contribution in [3.63, 3.8) is 0 Å². The summed E-state index contributed by atoms with van der Waals surface area (Å²) in [7, 11) is 0. The van der Waals surface area contributed by atoms with Crippen LogP contribution in [-0.4, -0.2) is 45.6 Å². The molecule has 1 aliphatic rings. The van der Waals surface area contributed by atoms with Gasteiger partial charge in [-0.1, -0.05) is 12.2 Å². The predicted molar refractivity (Wildman–Crippen MR) is 96.9 cm³/mol. The van der Waals surface area contributed by atoms with Crippen LogP contribution < -0.4 is 22.3 Å². The van der Waals surface area contributed by atoms with Crippen molar-refractivity contribution in [2.24, 2.45) is 11.5 Å². The summed E-state index contributed by atoms with van der Waals surface area (Å²) in [4.78, 5) is 29.0. The number of pyridine rings is 1. The fourth-order valence-corrected chi connectivity index (χ4v) is 2.90. The summed E-state index contributed by atoms with van der Waals surface area (Å²) < 4.78 is 0. The quantitative estimate of drug-likeness (QED) is 0.213. The molecular formula is C17H25N5O4. The molecule has 0 aromatic carbocycles. The van der Waals surface area contributed by atoms with E-state index in [1.807, 2.05) is 0 Å². The van der Waals surface area contributed by atoms with E-state index in [9.17, 15) is 19.8 Å². The Labute approximate surface area is 151 Å². The number of hydrogen-bond acceptors (Lipinski definition) is 7. The minimum atomic E-state index is -1.36. The Morgan fingerprint density at radius 1 is 1.50 bits per heavy atom. The Morgan fingerprint density at radius 2 is 2.23 bits per heavy atom. The summed E-state index contributed by atoms with van der Waals surface area (Å²) in [6.45, 7) is 2.80. The number of carbonyl (C=O) groups is 1. The molecule has 0 fully saturated rings. The number of aromatic amines is 1. The summed E-state index contributed by atoms with van der Waals surface area (Å²) in [5, 5.41) is 23.3. The maximum absolute atomic E-state index is 12.6. The number of fused-ring (bicyclic) bond motifs is 1. The minimum absolute atomic E-state index is 0.0995. The van der Waals surface area contributed by atoms with Crippen LogP contribution in [0.15, 0.2) is 28.7 Å². The van der Waals surface area contributed by atoms with Crippen molar-refractivity contribution in [2.75, 3.05) is 19.6 Å². The molecular weight excluding hydrogens is 338 g/mol. The highest BCUT2D eigenvalue weighted by Gasteiger charge is 2.29. The Balaban J connectivity index is 2.35. The van der Waals surface area contributed by atoms with Gasteiger partial charge in [-0.3, -0.25) is 14.9 Å². The van der Waals surface area contributed by atoms with Gasteiger partial charge in [0.25, 0.3) is 11.5 Å². The average Bonchev–Trinajstić information content (AvgIpc) is 2.63. The molecule has 0 aliphatic carbocycles. The van der Waals surface area contributed by atoms with Crippen molar-refractivity contribution in [1.29, 1.82) is 0 Å². The normalized spacial score (nSPS) is 16.0. The lowest BCUT2D eigenvalue weighted by atomic mass is 10.0. The SMILES string of the molecule is C/C=C\C(=C/N)C(=O)N1CCc2[nH]c(=O)c(C(O)NCCN)c(O)c2C1. The number of hydrogen-bond donors (Lipinski definition) is 6. The maximum atomic E-state index is 12.6. The average molecular weight is 363 g/mol. The number of aliphatic hydroxyl groups is 1. The Bertz CT molecular complexity index is 784. The molecule has 1 aromatic rings. The first-order valence-corrected chi connectivity index (χ1v) is 8.36. The number of aromatic hydroxyl groups is 1. The number of amides is 1. The molecule has 0 saturated heterocycles. The second-order valence-electron chi connectivity index (χ2n) is 5.92. The van der Waals surface area contributed by atoms with E-state index < -0.39 is 11.8 Å². The van der Waals surface area contributed by atoms with Crippen LogP contribution in [0.3, 0.4) is 0 Å². The minimum Gasteiger partial charge on any atom is -0.507 e. The molecule has 2 rings (SSSR count). The second kappa shape index (κ2) is 8.65. The topological polar surface area (TPSA) is 158 Å². The summed E-state index contributed by atoms with van der Waals surface area (Å²) >= 11 is 0. The molecule has 0 saturated carbocycles.